The Balaban J connectivity index is 1.78. The second-order valence-electron chi connectivity index (χ2n) is 5.29. The van der Waals surface area contributed by atoms with Crippen molar-refractivity contribution >= 4 is 34.2 Å². The number of ketones is 1. The molecule has 0 bridgehead atoms. The van der Waals surface area contributed by atoms with E-state index in [0.717, 1.165) is 9.92 Å². The topological polar surface area (TPSA) is 47.3 Å². The minimum atomic E-state index is -2.75. The molecule has 0 N–H and O–H groups in total. The molecule has 1 unspecified atom stereocenters. The molecule has 0 aliphatic heterocycles. The molecule has 0 aliphatic rings. The third-order valence-corrected chi connectivity index (χ3v) is 8.41. The summed E-state index contributed by atoms with van der Waals surface area (Å²) in [5.74, 6) is 0.702. The molecule has 3 aromatic rings. The molecule has 0 amide bonds. The van der Waals surface area contributed by atoms with Gasteiger partial charge in [0.05, 0.1) is 17.3 Å². The van der Waals surface area contributed by atoms with Crippen LogP contribution in [0.2, 0.25) is 0 Å². The van der Waals surface area contributed by atoms with Gasteiger partial charge in [0, 0.05) is 17.9 Å². The van der Waals surface area contributed by atoms with E-state index in [9.17, 15) is 9.36 Å². The number of rotatable bonds is 7. The van der Waals surface area contributed by atoms with Crippen LogP contribution in [-0.2, 0) is 15.8 Å². The van der Waals surface area contributed by atoms with Gasteiger partial charge in [-0.1, -0.05) is 36.4 Å². The Morgan fingerprint density at radius 1 is 1.04 bits per heavy atom. The first-order chi connectivity index (χ1) is 11.2. The highest BCUT2D eigenvalue weighted by Crippen LogP contribution is 2.45. The molecule has 0 saturated heterocycles. The third-order valence-electron chi connectivity index (χ3n) is 3.69. The molecule has 1 aromatic carbocycles. The van der Waals surface area contributed by atoms with Crippen molar-refractivity contribution in [1.29, 1.82) is 0 Å². The van der Waals surface area contributed by atoms with E-state index in [2.05, 4.69) is 0 Å². The first-order valence-electron chi connectivity index (χ1n) is 7.41. The van der Waals surface area contributed by atoms with E-state index >= 15 is 0 Å². The molecule has 1 atom stereocenters. The maximum Gasteiger partial charge on any atom is 0.153 e. The fourth-order valence-corrected chi connectivity index (χ4v) is 6.67. The number of carbonyl (C=O) groups excluding carboxylic acids is 1. The summed E-state index contributed by atoms with van der Waals surface area (Å²) >= 11 is 1.49. The largest absolute Gasteiger partial charge is 0.469 e. The summed E-state index contributed by atoms with van der Waals surface area (Å²) in [5.41, 5.74) is 0. The van der Waals surface area contributed by atoms with Gasteiger partial charge in [0.2, 0.25) is 0 Å². The van der Waals surface area contributed by atoms with E-state index in [0.29, 0.717) is 11.9 Å². The van der Waals surface area contributed by atoms with E-state index in [1.54, 1.807) is 18.4 Å². The molecular weight excluding hydrogens is 327 g/mol. The fraction of sp³-hybridized carbons (Fsp3) is 0.167. The minimum Gasteiger partial charge on any atom is -0.469 e. The van der Waals surface area contributed by atoms with Crippen LogP contribution in [0.1, 0.15) is 12.2 Å². The predicted molar refractivity (Wildman–Crippen MR) is 94.5 cm³/mol. The zero-order chi connectivity index (χ0) is 16.1. The summed E-state index contributed by atoms with van der Waals surface area (Å²) in [6.45, 7) is 0. The molecule has 5 heteroatoms. The second kappa shape index (κ2) is 7.12. The lowest BCUT2D eigenvalue weighted by Gasteiger charge is -2.17. The number of furan rings is 1. The Morgan fingerprint density at radius 2 is 1.87 bits per heavy atom. The second-order valence-corrected chi connectivity index (χ2v) is 9.47. The van der Waals surface area contributed by atoms with Crippen molar-refractivity contribution in [2.45, 2.75) is 12.8 Å². The molecule has 0 spiro atoms. The number of carbonyl (C=O) groups is 1. The van der Waals surface area contributed by atoms with Crippen LogP contribution in [0.25, 0.3) is 0 Å². The summed E-state index contributed by atoms with van der Waals surface area (Å²) in [6, 6.07) is 16.8. The van der Waals surface area contributed by atoms with Gasteiger partial charge in [0.15, 0.2) is 7.14 Å². The molecule has 23 heavy (non-hydrogen) atoms. The molecule has 0 fully saturated rings. The summed E-state index contributed by atoms with van der Waals surface area (Å²) < 4.78 is 19.7. The van der Waals surface area contributed by atoms with Crippen molar-refractivity contribution in [2.75, 3.05) is 6.16 Å². The normalized spacial score (nSPS) is 13.6. The van der Waals surface area contributed by atoms with E-state index in [1.165, 1.54) is 11.3 Å². The highest BCUT2D eigenvalue weighted by molar-refractivity contribution is 7.83. The molecule has 2 aromatic heterocycles. The smallest absolute Gasteiger partial charge is 0.153 e. The van der Waals surface area contributed by atoms with Gasteiger partial charge in [-0.15, -0.1) is 11.3 Å². The lowest BCUT2D eigenvalue weighted by molar-refractivity contribution is -0.118. The van der Waals surface area contributed by atoms with Crippen LogP contribution in [0.3, 0.4) is 0 Å². The minimum absolute atomic E-state index is 0.0488. The van der Waals surface area contributed by atoms with Crippen LogP contribution in [0.15, 0.2) is 70.7 Å². The van der Waals surface area contributed by atoms with Crippen molar-refractivity contribution in [3.05, 3.63) is 72.0 Å². The number of Topliss-reactive ketones (excluding diaryl/α,β-unsaturated/α-hetero) is 1. The van der Waals surface area contributed by atoms with Crippen LogP contribution in [0, 0.1) is 0 Å². The van der Waals surface area contributed by atoms with Gasteiger partial charge in [-0.3, -0.25) is 4.79 Å². The quantitative estimate of drug-likeness (QED) is 0.612. The molecule has 0 aliphatic carbocycles. The van der Waals surface area contributed by atoms with Crippen molar-refractivity contribution in [3.63, 3.8) is 0 Å². The van der Waals surface area contributed by atoms with Crippen molar-refractivity contribution in [1.82, 2.24) is 0 Å². The van der Waals surface area contributed by atoms with Gasteiger partial charge in [0.1, 0.15) is 11.5 Å². The average Bonchev–Trinajstić information content (AvgIpc) is 3.27. The monoisotopic (exact) mass is 344 g/mol. The average molecular weight is 344 g/mol. The Hall–Kier alpha value is -1.90. The predicted octanol–water partition coefficient (Wildman–Crippen LogP) is 3.86. The summed E-state index contributed by atoms with van der Waals surface area (Å²) in [6.07, 6.45) is 2.46. The highest BCUT2D eigenvalue weighted by atomic mass is 32.1. The molecule has 0 saturated carbocycles. The van der Waals surface area contributed by atoms with E-state index in [4.69, 9.17) is 4.42 Å². The molecule has 3 nitrogen and oxygen atoms in total. The van der Waals surface area contributed by atoms with E-state index in [-0.39, 0.29) is 18.6 Å². The number of hydrogen-bond donors (Lipinski definition) is 0. The first-order valence-corrected chi connectivity index (χ1v) is 10.2. The van der Waals surface area contributed by atoms with Gasteiger partial charge in [-0.2, -0.15) is 0 Å². The Labute approximate surface area is 139 Å². The highest BCUT2D eigenvalue weighted by Gasteiger charge is 2.28. The van der Waals surface area contributed by atoms with E-state index in [1.807, 2.05) is 47.8 Å². The summed E-state index contributed by atoms with van der Waals surface area (Å²) in [4.78, 5) is 12.2. The van der Waals surface area contributed by atoms with Crippen molar-refractivity contribution in [3.8, 4) is 0 Å². The van der Waals surface area contributed by atoms with Gasteiger partial charge in [-0.25, -0.2) is 0 Å². The maximum atomic E-state index is 13.6. The number of hydrogen-bond acceptors (Lipinski definition) is 4. The van der Waals surface area contributed by atoms with E-state index < -0.39 is 7.14 Å². The zero-order valence-corrected chi connectivity index (χ0v) is 14.3. The fourth-order valence-electron chi connectivity index (χ4n) is 2.49. The first kappa shape index (κ1) is 16.0. The molecular formula is C18H17O3PS. The Bertz CT molecular complexity index is 792. The molecule has 3 rings (SSSR count). The SMILES string of the molecule is O=C(CCP(=O)(c1ccccc1)c1cccs1)Cc1ccco1. The lowest BCUT2D eigenvalue weighted by atomic mass is 10.2. The Morgan fingerprint density at radius 3 is 2.52 bits per heavy atom. The molecule has 118 valence electrons. The maximum absolute atomic E-state index is 13.6. The van der Waals surface area contributed by atoms with Gasteiger partial charge >= 0.3 is 0 Å². The standard InChI is InChI=1S/C18H17O3PS/c19-15(14-16-6-4-11-21-16)10-12-22(20,18-9-5-13-23-18)17-7-2-1-3-8-17/h1-9,11,13H,10,12,14H2. The van der Waals surface area contributed by atoms with Crippen LogP contribution < -0.4 is 9.92 Å². The summed E-state index contributed by atoms with van der Waals surface area (Å²) in [7, 11) is -2.75. The van der Waals surface area contributed by atoms with Gasteiger partial charge in [0.25, 0.3) is 0 Å². The summed E-state index contributed by atoms with van der Waals surface area (Å²) in [5, 5.41) is 2.74. The molecule has 2 heterocycles. The third kappa shape index (κ3) is 3.72. The van der Waals surface area contributed by atoms with Crippen LogP contribution in [0.5, 0.6) is 0 Å². The number of thiophene rings is 1. The van der Waals surface area contributed by atoms with Crippen LogP contribution >= 0.6 is 18.5 Å². The Kier molecular flexibility index (Phi) is 4.94. The van der Waals surface area contributed by atoms with Crippen molar-refractivity contribution < 1.29 is 13.8 Å². The van der Waals surface area contributed by atoms with Gasteiger partial charge in [-0.05, 0) is 23.6 Å². The van der Waals surface area contributed by atoms with Crippen LogP contribution in [-0.4, -0.2) is 11.9 Å². The lowest BCUT2D eigenvalue weighted by Crippen LogP contribution is -2.18. The number of benzene rings is 1. The van der Waals surface area contributed by atoms with Gasteiger partial charge < -0.3 is 8.98 Å². The molecule has 0 radical (unpaired) electrons. The van der Waals surface area contributed by atoms with Crippen molar-refractivity contribution in [2.24, 2.45) is 0 Å². The zero-order valence-electron chi connectivity index (χ0n) is 12.6. The van der Waals surface area contributed by atoms with Crippen LogP contribution in [0.4, 0.5) is 0 Å².